The van der Waals surface area contributed by atoms with Crippen molar-refractivity contribution in [3.05, 3.63) is 83.9 Å². The third-order valence-corrected chi connectivity index (χ3v) is 4.31. The Labute approximate surface area is 164 Å². The lowest BCUT2D eigenvalue weighted by Crippen LogP contribution is -2.33. The van der Waals surface area contributed by atoms with Gasteiger partial charge in [0.25, 0.3) is 0 Å². The van der Waals surface area contributed by atoms with Gasteiger partial charge in [0.15, 0.2) is 5.11 Å². The van der Waals surface area contributed by atoms with Crippen LogP contribution in [0, 0.1) is 6.92 Å². The normalized spacial score (nSPS) is 10.7. The van der Waals surface area contributed by atoms with Crippen LogP contribution in [-0.4, -0.2) is 27.8 Å². The summed E-state index contributed by atoms with van der Waals surface area (Å²) in [6.07, 6.45) is 6.07. The van der Waals surface area contributed by atoms with Crippen LogP contribution in [-0.2, 0) is 6.42 Å². The van der Waals surface area contributed by atoms with E-state index in [1.54, 1.807) is 18.6 Å². The number of pyridine rings is 2. The lowest BCUT2D eigenvalue weighted by atomic mass is 10.0. The Morgan fingerprint density at radius 2 is 1.85 bits per heavy atom. The van der Waals surface area contributed by atoms with Gasteiger partial charge in [0.1, 0.15) is 0 Å². The number of thiocarbonyl (C=S) groups is 1. The molecular formula is C21H21N5S. The van der Waals surface area contributed by atoms with Crippen molar-refractivity contribution in [2.75, 3.05) is 6.54 Å². The van der Waals surface area contributed by atoms with E-state index in [2.05, 4.69) is 37.9 Å². The number of nitrogens with one attached hydrogen (secondary N) is 2. The number of nitrogens with zero attached hydrogens (tertiary/aromatic N) is 3. The van der Waals surface area contributed by atoms with Gasteiger partial charge < -0.3 is 5.32 Å². The second-order valence-corrected chi connectivity index (χ2v) is 6.34. The summed E-state index contributed by atoms with van der Waals surface area (Å²) < 4.78 is 0. The highest BCUT2D eigenvalue weighted by atomic mass is 32.1. The van der Waals surface area contributed by atoms with E-state index in [-0.39, 0.29) is 0 Å². The summed E-state index contributed by atoms with van der Waals surface area (Å²) in [6.45, 7) is 2.74. The van der Waals surface area contributed by atoms with Crippen molar-refractivity contribution in [3.8, 4) is 11.1 Å². The monoisotopic (exact) mass is 375 g/mol. The molecule has 0 unspecified atom stereocenters. The number of benzene rings is 1. The van der Waals surface area contributed by atoms with Gasteiger partial charge in [-0.15, -0.1) is 0 Å². The van der Waals surface area contributed by atoms with Crippen molar-refractivity contribution >= 4 is 23.5 Å². The molecule has 0 aliphatic rings. The van der Waals surface area contributed by atoms with Crippen molar-refractivity contribution in [3.63, 3.8) is 0 Å². The molecule has 2 heterocycles. The summed E-state index contributed by atoms with van der Waals surface area (Å²) in [5.41, 5.74) is 8.03. The average molecular weight is 376 g/mol. The number of aromatic nitrogens is 2. The first kappa shape index (κ1) is 18.7. The molecule has 3 aromatic rings. The molecular weight excluding hydrogens is 354 g/mol. The summed E-state index contributed by atoms with van der Waals surface area (Å²) in [5, 5.41) is 7.79. The lowest BCUT2D eigenvalue weighted by molar-refractivity contribution is 0.819. The smallest absolute Gasteiger partial charge is 0.186 e. The minimum atomic E-state index is 0.471. The molecule has 6 heteroatoms. The van der Waals surface area contributed by atoms with Crippen LogP contribution in [0.2, 0.25) is 0 Å². The molecule has 0 saturated heterocycles. The van der Waals surface area contributed by atoms with Gasteiger partial charge in [0.05, 0.1) is 11.9 Å². The number of hydrogen-bond donors (Lipinski definition) is 2. The van der Waals surface area contributed by atoms with Crippen LogP contribution >= 0.6 is 12.2 Å². The topological polar surface area (TPSA) is 62.2 Å². The first-order chi connectivity index (χ1) is 13.2. The Balaban J connectivity index is 1.54. The van der Waals surface area contributed by atoms with Gasteiger partial charge in [0.2, 0.25) is 0 Å². The molecule has 0 fully saturated rings. The van der Waals surface area contributed by atoms with E-state index in [9.17, 15) is 0 Å². The van der Waals surface area contributed by atoms with E-state index in [0.717, 1.165) is 34.5 Å². The molecule has 0 aliphatic carbocycles. The van der Waals surface area contributed by atoms with Crippen molar-refractivity contribution < 1.29 is 0 Å². The first-order valence-electron chi connectivity index (χ1n) is 8.72. The van der Waals surface area contributed by atoms with E-state index in [1.807, 2.05) is 49.4 Å². The fourth-order valence-corrected chi connectivity index (χ4v) is 2.81. The molecule has 0 bridgehead atoms. The van der Waals surface area contributed by atoms with E-state index in [1.165, 1.54) is 0 Å². The van der Waals surface area contributed by atoms with Crippen molar-refractivity contribution in [2.24, 2.45) is 5.10 Å². The molecule has 0 saturated carbocycles. The van der Waals surface area contributed by atoms with Crippen molar-refractivity contribution in [1.82, 2.24) is 20.7 Å². The Morgan fingerprint density at radius 1 is 1.04 bits per heavy atom. The second-order valence-electron chi connectivity index (χ2n) is 5.93. The van der Waals surface area contributed by atoms with Gasteiger partial charge >= 0.3 is 0 Å². The molecule has 2 N–H and O–H groups in total. The largest absolute Gasteiger partial charge is 0.361 e. The van der Waals surface area contributed by atoms with Crippen LogP contribution in [0.1, 0.15) is 17.0 Å². The van der Waals surface area contributed by atoms with Crippen LogP contribution in [0.25, 0.3) is 11.1 Å². The number of hydrogen-bond acceptors (Lipinski definition) is 4. The predicted molar refractivity (Wildman–Crippen MR) is 114 cm³/mol. The zero-order valence-corrected chi connectivity index (χ0v) is 15.9. The van der Waals surface area contributed by atoms with Crippen LogP contribution in [0.15, 0.2) is 72.1 Å². The molecule has 0 aliphatic heterocycles. The minimum absolute atomic E-state index is 0.471. The maximum atomic E-state index is 5.24. The lowest BCUT2D eigenvalue weighted by Gasteiger charge is -2.08. The first-order valence-corrected chi connectivity index (χ1v) is 9.12. The van der Waals surface area contributed by atoms with Crippen LogP contribution in [0.4, 0.5) is 0 Å². The summed E-state index contributed by atoms with van der Waals surface area (Å²) >= 11 is 5.24. The van der Waals surface area contributed by atoms with Crippen molar-refractivity contribution in [2.45, 2.75) is 13.3 Å². The Bertz CT molecular complexity index is 910. The molecule has 3 rings (SSSR count). The summed E-state index contributed by atoms with van der Waals surface area (Å²) in [4.78, 5) is 8.68. The number of rotatable bonds is 6. The third-order valence-electron chi connectivity index (χ3n) is 4.07. The van der Waals surface area contributed by atoms with Gasteiger partial charge in [0, 0.05) is 31.1 Å². The maximum Gasteiger partial charge on any atom is 0.186 e. The van der Waals surface area contributed by atoms with Crippen LogP contribution in [0.3, 0.4) is 0 Å². The van der Waals surface area contributed by atoms with E-state index in [0.29, 0.717) is 11.7 Å². The second kappa shape index (κ2) is 9.54. The fraction of sp³-hybridized carbons (Fsp3) is 0.143. The van der Waals surface area contributed by atoms with E-state index in [4.69, 9.17) is 12.2 Å². The highest BCUT2D eigenvalue weighted by Gasteiger charge is 2.05. The molecule has 0 atom stereocenters. The van der Waals surface area contributed by atoms with Crippen LogP contribution in [0.5, 0.6) is 0 Å². The Morgan fingerprint density at radius 3 is 2.63 bits per heavy atom. The van der Waals surface area contributed by atoms with E-state index < -0.39 is 0 Å². The molecule has 2 aromatic heterocycles. The fourth-order valence-electron chi connectivity index (χ4n) is 2.65. The number of hydrazone groups is 1. The highest BCUT2D eigenvalue weighted by molar-refractivity contribution is 7.80. The molecule has 1 aromatic carbocycles. The third kappa shape index (κ3) is 5.43. The zero-order chi connectivity index (χ0) is 18.9. The van der Waals surface area contributed by atoms with Gasteiger partial charge in [-0.1, -0.05) is 36.4 Å². The summed E-state index contributed by atoms with van der Waals surface area (Å²) in [7, 11) is 0. The summed E-state index contributed by atoms with van der Waals surface area (Å²) in [6, 6.07) is 18.1. The standard InChI is InChI=1S/C21H21N5S/c1-16-19(17-7-3-2-4-8-17)11-14-23-20(16)15-25-26-21(27)24-13-10-18-9-5-6-12-22-18/h2-9,11-12,14-15H,10,13H2,1H3,(H2,24,26,27). The zero-order valence-electron chi connectivity index (χ0n) is 15.1. The molecule has 5 nitrogen and oxygen atoms in total. The van der Waals surface area contributed by atoms with Gasteiger partial charge in [-0.25, -0.2) is 0 Å². The Hall–Kier alpha value is -3.12. The average Bonchev–Trinajstić information content (AvgIpc) is 2.71. The molecule has 27 heavy (non-hydrogen) atoms. The van der Waals surface area contributed by atoms with Crippen molar-refractivity contribution in [1.29, 1.82) is 0 Å². The van der Waals surface area contributed by atoms with Gasteiger partial charge in [-0.2, -0.15) is 5.10 Å². The SMILES string of the molecule is Cc1c(-c2ccccc2)ccnc1C=NNC(=S)NCCc1ccccn1. The molecule has 0 radical (unpaired) electrons. The molecule has 136 valence electrons. The van der Waals surface area contributed by atoms with E-state index >= 15 is 0 Å². The molecule has 0 amide bonds. The highest BCUT2D eigenvalue weighted by Crippen LogP contribution is 2.23. The predicted octanol–water partition coefficient (Wildman–Crippen LogP) is 3.49. The summed E-state index contributed by atoms with van der Waals surface area (Å²) in [5.74, 6) is 0. The maximum absolute atomic E-state index is 5.24. The van der Waals surface area contributed by atoms with Gasteiger partial charge in [-0.3, -0.25) is 15.4 Å². The quantitative estimate of drug-likeness (QED) is 0.392. The molecule has 0 spiro atoms. The van der Waals surface area contributed by atoms with Gasteiger partial charge in [-0.05, 0) is 54.0 Å². The minimum Gasteiger partial charge on any atom is -0.361 e. The van der Waals surface area contributed by atoms with Crippen LogP contribution < -0.4 is 10.7 Å². The Kier molecular flexibility index (Phi) is 6.60.